The zero-order valence-electron chi connectivity index (χ0n) is 16.7. The number of carbonyl (C=O) groups is 1. The van der Waals surface area contributed by atoms with Crippen LogP contribution in [-0.2, 0) is 6.61 Å². The molecule has 4 heteroatoms. The molecule has 0 N–H and O–H groups in total. The summed E-state index contributed by atoms with van der Waals surface area (Å²) in [7, 11) is 3.07. The summed E-state index contributed by atoms with van der Waals surface area (Å²) in [6, 6.07) is 21.0. The summed E-state index contributed by atoms with van der Waals surface area (Å²) >= 11 is 0. The van der Waals surface area contributed by atoms with Crippen molar-refractivity contribution in [1.82, 2.24) is 0 Å². The van der Waals surface area contributed by atoms with Gasteiger partial charge in [-0.25, -0.2) is 0 Å². The van der Waals surface area contributed by atoms with Gasteiger partial charge in [-0.2, -0.15) is 0 Å². The third-order valence-corrected chi connectivity index (χ3v) is 4.32. The molecule has 0 atom stereocenters. The molecular formula is C25H22O4. The monoisotopic (exact) mass is 386 g/mol. The molecular weight excluding hydrogens is 364 g/mol. The van der Waals surface area contributed by atoms with Crippen LogP contribution >= 0.6 is 0 Å². The molecule has 0 spiro atoms. The third-order valence-electron chi connectivity index (χ3n) is 4.32. The van der Waals surface area contributed by atoms with E-state index in [-0.39, 0.29) is 5.78 Å². The van der Waals surface area contributed by atoms with E-state index in [9.17, 15) is 4.79 Å². The number of hydrogen-bond donors (Lipinski definition) is 0. The number of carbonyl (C=O) groups excluding carboxylic acids is 1. The van der Waals surface area contributed by atoms with E-state index < -0.39 is 0 Å². The number of benzene rings is 3. The minimum absolute atomic E-state index is 0.133. The van der Waals surface area contributed by atoms with E-state index in [2.05, 4.69) is 11.8 Å². The van der Waals surface area contributed by atoms with Crippen molar-refractivity contribution in [2.45, 2.75) is 13.5 Å². The SMILES string of the molecule is COc1cc(OC)c(C(C)=O)c(OCc2ccc(C#Cc3ccccc3)cc2)c1. The normalized spacial score (nSPS) is 9.90. The minimum Gasteiger partial charge on any atom is -0.496 e. The Morgan fingerprint density at radius 3 is 2.03 bits per heavy atom. The Morgan fingerprint density at radius 2 is 1.45 bits per heavy atom. The molecule has 0 aliphatic carbocycles. The molecule has 0 aromatic heterocycles. The number of ether oxygens (including phenoxy) is 3. The van der Waals surface area contributed by atoms with Crippen molar-refractivity contribution in [3.8, 4) is 29.1 Å². The zero-order chi connectivity index (χ0) is 20.6. The van der Waals surface area contributed by atoms with Crippen molar-refractivity contribution >= 4 is 5.78 Å². The van der Waals surface area contributed by atoms with Gasteiger partial charge in [0.05, 0.1) is 14.2 Å². The van der Waals surface area contributed by atoms with Gasteiger partial charge in [-0.3, -0.25) is 4.79 Å². The van der Waals surface area contributed by atoms with Crippen molar-refractivity contribution in [2.24, 2.45) is 0 Å². The highest BCUT2D eigenvalue weighted by molar-refractivity contribution is 6.00. The fourth-order valence-corrected chi connectivity index (χ4v) is 2.82. The molecule has 146 valence electrons. The lowest BCUT2D eigenvalue weighted by atomic mass is 10.1. The van der Waals surface area contributed by atoms with Crippen molar-refractivity contribution in [3.05, 3.63) is 89.0 Å². The van der Waals surface area contributed by atoms with Crippen LogP contribution in [0.4, 0.5) is 0 Å². The van der Waals surface area contributed by atoms with Gasteiger partial charge in [0.2, 0.25) is 0 Å². The van der Waals surface area contributed by atoms with Crippen molar-refractivity contribution in [1.29, 1.82) is 0 Å². The summed E-state index contributed by atoms with van der Waals surface area (Å²) < 4.78 is 16.5. The second-order valence-corrected chi connectivity index (χ2v) is 6.36. The quantitative estimate of drug-likeness (QED) is 0.447. The van der Waals surface area contributed by atoms with Crippen LogP contribution in [0.3, 0.4) is 0 Å². The average molecular weight is 386 g/mol. The third kappa shape index (κ3) is 5.18. The van der Waals surface area contributed by atoms with E-state index in [4.69, 9.17) is 14.2 Å². The molecule has 3 aromatic rings. The molecule has 0 bridgehead atoms. The number of ketones is 1. The van der Waals surface area contributed by atoms with Gasteiger partial charge in [-0.1, -0.05) is 42.2 Å². The molecule has 3 rings (SSSR count). The van der Waals surface area contributed by atoms with Gasteiger partial charge in [-0.15, -0.1) is 0 Å². The fraction of sp³-hybridized carbons (Fsp3) is 0.160. The Morgan fingerprint density at radius 1 is 0.828 bits per heavy atom. The van der Waals surface area contributed by atoms with Crippen LogP contribution in [-0.4, -0.2) is 20.0 Å². The predicted octanol–water partition coefficient (Wildman–Crippen LogP) is 4.89. The Balaban J connectivity index is 1.75. The van der Waals surface area contributed by atoms with Crippen molar-refractivity contribution in [3.63, 3.8) is 0 Å². The summed E-state index contributed by atoms with van der Waals surface area (Å²) in [5, 5.41) is 0. The summed E-state index contributed by atoms with van der Waals surface area (Å²) in [5.74, 6) is 7.58. The van der Waals surface area contributed by atoms with Gasteiger partial charge in [0.15, 0.2) is 5.78 Å². The molecule has 0 unspecified atom stereocenters. The molecule has 4 nitrogen and oxygen atoms in total. The lowest BCUT2D eigenvalue weighted by molar-refractivity contribution is 0.101. The number of methoxy groups -OCH3 is 2. The van der Waals surface area contributed by atoms with Crippen LogP contribution in [0.2, 0.25) is 0 Å². The molecule has 0 amide bonds. The molecule has 0 saturated carbocycles. The Bertz CT molecular complexity index is 1040. The number of rotatable bonds is 6. The smallest absolute Gasteiger partial charge is 0.167 e. The van der Waals surface area contributed by atoms with Crippen LogP contribution in [0.5, 0.6) is 17.2 Å². The zero-order valence-corrected chi connectivity index (χ0v) is 16.7. The van der Waals surface area contributed by atoms with Crippen LogP contribution in [0.25, 0.3) is 0 Å². The standard InChI is InChI=1S/C25H22O4/c1-18(26)25-23(28-3)15-22(27-2)16-24(25)29-17-21-13-11-20(12-14-21)10-9-19-7-5-4-6-8-19/h4-8,11-16H,17H2,1-3H3. The first kappa shape index (κ1) is 20.0. The highest BCUT2D eigenvalue weighted by Gasteiger charge is 2.17. The lowest BCUT2D eigenvalue weighted by Gasteiger charge is -2.15. The summed E-state index contributed by atoms with van der Waals surface area (Å²) in [4.78, 5) is 12.1. The molecule has 0 heterocycles. The van der Waals surface area contributed by atoms with Gasteiger partial charge in [-0.05, 0) is 36.8 Å². The van der Waals surface area contributed by atoms with Gasteiger partial charge in [0.1, 0.15) is 29.4 Å². The van der Waals surface area contributed by atoms with E-state index >= 15 is 0 Å². The molecule has 29 heavy (non-hydrogen) atoms. The minimum atomic E-state index is -0.133. The first-order chi connectivity index (χ1) is 14.1. The highest BCUT2D eigenvalue weighted by Crippen LogP contribution is 2.34. The predicted molar refractivity (Wildman–Crippen MR) is 113 cm³/mol. The Kier molecular flexibility index (Phi) is 6.55. The van der Waals surface area contributed by atoms with Crippen LogP contribution in [0.1, 0.15) is 34.0 Å². The summed E-state index contributed by atoms with van der Waals surface area (Å²) in [6.07, 6.45) is 0. The van der Waals surface area contributed by atoms with E-state index in [0.717, 1.165) is 16.7 Å². The maximum Gasteiger partial charge on any atom is 0.167 e. The fourth-order valence-electron chi connectivity index (χ4n) is 2.82. The maximum absolute atomic E-state index is 12.1. The second-order valence-electron chi connectivity index (χ2n) is 6.36. The lowest BCUT2D eigenvalue weighted by Crippen LogP contribution is -2.05. The van der Waals surface area contributed by atoms with E-state index in [1.807, 2.05) is 54.6 Å². The van der Waals surface area contributed by atoms with Crippen molar-refractivity contribution < 1.29 is 19.0 Å². The van der Waals surface area contributed by atoms with Crippen LogP contribution in [0, 0.1) is 11.8 Å². The second kappa shape index (κ2) is 9.48. The van der Waals surface area contributed by atoms with Crippen molar-refractivity contribution in [2.75, 3.05) is 14.2 Å². The highest BCUT2D eigenvalue weighted by atomic mass is 16.5. The molecule has 3 aromatic carbocycles. The molecule has 0 aliphatic rings. The van der Waals surface area contributed by atoms with E-state index in [1.165, 1.54) is 14.0 Å². The Labute approximate surface area is 171 Å². The molecule has 0 fully saturated rings. The van der Waals surface area contributed by atoms with E-state index in [1.54, 1.807) is 19.2 Å². The topological polar surface area (TPSA) is 44.8 Å². The summed E-state index contributed by atoms with van der Waals surface area (Å²) in [5.41, 5.74) is 3.26. The Hall–Kier alpha value is -3.71. The largest absolute Gasteiger partial charge is 0.496 e. The maximum atomic E-state index is 12.1. The first-order valence-corrected chi connectivity index (χ1v) is 9.16. The molecule has 0 aliphatic heterocycles. The first-order valence-electron chi connectivity index (χ1n) is 9.16. The van der Waals surface area contributed by atoms with E-state index in [0.29, 0.717) is 29.4 Å². The van der Waals surface area contributed by atoms with Crippen LogP contribution in [0.15, 0.2) is 66.7 Å². The van der Waals surface area contributed by atoms with Gasteiger partial charge in [0, 0.05) is 23.3 Å². The molecule has 0 radical (unpaired) electrons. The molecule has 0 saturated heterocycles. The summed E-state index contributed by atoms with van der Waals surface area (Å²) in [6.45, 7) is 1.79. The number of hydrogen-bond acceptors (Lipinski definition) is 4. The average Bonchev–Trinajstić information content (AvgIpc) is 2.76. The van der Waals surface area contributed by atoms with Gasteiger partial charge < -0.3 is 14.2 Å². The van der Waals surface area contributed by atoms with Gasteiger partial charge >= 0.3 is 0 Å². The van der Waals surface area contributed by atoms with Crippen LogP contribution < -0.4 is 14.2 Å². The van der Waals surface area contributed by atoms with Gasteiger partial charge in [0.25, 0.3) is 0 Å². The number of Topliss-reactive ketones (excluding diaryl/α,β-unsaturated/α-hetero) is 1.